The standard InChI is InChI=1S/C20H31N3O12/c1-12(24)31-11-16-17(32-13(2)25)18(33-14(3)26)19(34-15(4)27)20(35-16)30-10-9-29-8-7-28-6-5-22-23-21/h16-20H,5-11H2,1-4H3/t16-,17-,18+,19+,20?/m1/s1/i1D,2D,3D,4D. The summed E-state index contributed by atoms with van der Waals surface area (Å²) < 4.78 is 71.3. The second-order valence-electron chi connectivity index (χ2n) is 6.64. The van der Waals surface area contributed by atoms with Gasteiger partial charge in [-0.05, 0) is 5.53 Å². The number of carbonyl (C=O) groups excluding carboxylic acids is 4. The molecule has 0 spiro atoms. The van der Waals surface area contributed by atoms with Crippen molar-refractivity contribution in [3.8, 4) is 0 Å². The van der Waals surface area contributed by atoms with Gasteiger partial charge in [-0.15, -0.1) is 0 Å². The van der Waals surface area contributed by atoms with E-state index in [1.165, 1.54) is 0 Å². The van der Waals surface area contributed by atoms with Crippen LogP contribution in [0.5, 0.6) is 0 Å². The SMILES string of the molecule is [2H]CC(=O)OC[C@H]1OC(OCCOCCOCCN=[N+]=[N-])[C@@H](OC(=O)C[2H])[C@@H](OC(=O)C[2H])[C@@H]1OC(=O)C[2H]. The molecule has 0 aromatic carbocycles. The molecule has 0 amide bonds. The normalized spacial score (nSPS) is 25.0. The van der Waals surface area contributed by atoms with Gasteiger partial charge in [0.2, 0.25) is 0 Å². The van der Waals surface area contributed by atoms with Gasteiger partial charge < -0.3 is 37.9 Å². The molecule has 1 rings (SSSR count). The fourth-order valence-corrected chi connectivity index (χ4v) is 2.87. The maximum Gasteiger partial charge on any atom is 0.303 e. The molecule has 0 saturated carbocycles. The lowest BCUT2D eigenvalue weighted by molar-refractivity contribution is -0.309. The molecular formula is C20H31N3O12. The zero-order chi connectivity index (χ0) is 29.0. The van der Waals surface area contributed by atoms with Crippen LogP contribution < -0.4 is 0 Å². The van der Waals surface area contributed by atoms with Crippen molar-refractivity contribution in [1.29, 1.82) is 0 Å². The number of hydrogen-bond acceptors (Lipinski definition) is 13. The van der Waals surface area contributed by atoms with E-state index >= 15 is 0 Å². The first-order valence-corrected chi connectivity index (χ1v) is 10.2. The van der Waals surface area contributed by atoms with Crippen LogP contribution in [0.2, 0.25) is 0 Å². The van der Waals surface area contributed by atoms with Crippen molar-refractivity contribution in [1.82, 2.24) is 0 Å². The van der Waals surface area contributed by atoms with Crippen LogP contribution in [0.1, 0.15) is 33.1 Å². The zero-order valence-corrected chi connectivity index (χ0v) is 18.9. The Hall–Kier alpha value is -2.97. The number of azide groups is 1. The molecule has 1 unspecified atom stereocenters. The van der Waals surface area contributed by atoms with Crippen molar-refractivity contribution in [3.05, 3.63) is 10.4 Å². The molecule has 5 atom stereocenters. The fraction of sp³-hybridized carbons (Fsp3) is 0.800. The Morgan fingerprint density at radius 2 is 1.40 bits per heavy atom. The van der Waals surface area contributed by atoms with Crippen LogP contribution >= 0.6 is 0 Å². The number of rotatable bonds is 15. The fourth-order valence-electron chi connectivity index (χ4n) is 2.87. The molecule has 0 radical (unpaired) electrons. The van der Waals surface area contributed by atoms with Gasteiger partial charge in [-0.25, -0.2) is 0 Å². The Kier molecular flexibility index (Phi) is 11.3. The van der Waals surface area contributed by atoms with Crippen molar-refractivity contribution in [3.63, 3.8) is 0 Å². The third-order valence-corrected chi connectivity index (χ3v) is 4.08. The Labute approximate surface area is 207 Å². The van der Waals surface area contributed by atoms with Gasteiger partial charge in [-0.3, -0.25) is 19.2 Å². The Morgan fingerprint density at radius 1 is 0.829 bits per heavy atom. The minimum Gasteiger partial charge on any atom is -0.463 e. The topological polar surface area (TPSA) is 191 Å². The summed E-state index contributed by atoms with van der Waals surface area (Å²) in [5, 5.41) is 3.31. The maximum atomic E-state index is 12.0. The molecule has 0 N–H and O–H groups in total. The molecule has 198 valence electrons. The van der Waals surface area contributed by atoms with Gasteiger partial charge in [-0.2, -0.15) is 0 Å². The second kappa shape index (κ2) is 16.6. The van der Waals surface area contributed by atoms with Crippen LogP contribution in [-0.2, 0) is 57.1 Å². The van der Waals surface area contributed by atoms with E-state index in [1.807, 2.05) is 0 Å². The first kappa shape index (κ1) is 23.8. The van der Waals surface area contributed by atoms with E-state index in [-0.39, 0.29) is 39.6 Å². The van der Waals surface area contributed by atoms with Crippen molar-refractivity contribution >= 4 is 23.9 Å². The summed E-state index contributed by atoms with van der Waals surface area (Å²) in [6.45, 7) is -3.27. The van der Waals surface area contributed by atoms with Crippen molar-refractivity contribution in [2.75, 3.05) is 46.2 Å². The van der Waals surface area contributed by atoms with E-state index in [2.05, 4.69) is 10.0 Å². The van der Waals surface area contributed by atoms with Crippen LogP contribution in [0.3, 0.4) is 0 Å². The average Bonchev–Trinajstić information content (AvgIpc) is 2.94. The smallest absolute Gasteiger partial charge is 0.303 e. The quantitative estimate of drug-likeness (QED) is 0.0739. The lowest BCUT2D eigenvalue weighted by Gasteiger charge is -2.44. The molecule has 1 heterocycles. The van der Waals surface area contributed by atoms with E-state index < -0.39 is 88.8 Å². The number of hydrogen-bond donors (Lipinski definition) is 0. The zero-order valence-electron chi connectivity index (χ0n) is 22.9. The van der Waals surface area contributed by atoms with E-state index in [0.717, 1.165) is 0 Å². The third kappa shape index (κ3) is 12.3. The van der Waals surface area contributed by atoms with Crippen molar-refractivity contribution in [2.24, 2.45) is 5.11 Å². The highest BCUT2D eigenvalue weighted by Gasteiger charge is 2.52. The summed E-state index contributed by atoms with van der Waals surface area (Å²) in [5.41, 5.74) is 8.20. The minimum absolute atomic E-state index is 0.00833. The average molecular weight is 510 g/mol. The van der Waals surface area contributed by atoms with Gasteiger partial charge in [-0.1, -0.05) is 5.11 Å². The van der Waals surface area contributed by atoms with Gasteiger partial charge in [0.15, 0.2) is 24.6 Å². The van der Waals surface area contributed by atoms with E-state index in [9.17, 15) is 19.2 Å². The predicted octanol–water partition coefficient (Wildman–Crippen LogP) is 0.430. The van der Waals surface area contributed by atoms with Crippen molar-refractivity contribution < 1.29 is 62.6 Å². The molecule has 1 aliphatic rings. The van der Waals surface area contributed by atoms with Crippen LogP contribution in [-0.4, -0.2) is 101 Å². The summed E-state index contributed by atoms with van der Waals surface area (Å²) in [6.07, 6.45) is -7.65. The van der Waals surface area contributed by atoms with E-state index in [0.29, 0.717) is 0 Å². The Bertz CT molecular complexity index is 836. The number of nitrogens with zero attached hydrogens (tertiary/aromatic N) is 3. The lowest BCUT2D eigenvalue weighted by atomic mass is 9.98. The van der Waals surface area contributed by atoms with Crippen LogP contribution in [0.4, 0.5) is 0 Å². The van der Waals surface area contributed by atoms with Gasteiger partial charge in [0.05, 0.1) is 33.0 Å². The highest BCUT2D eigenvalue weighted by Crippen LogP contribution is 2.29. The Balaban J connectivity index is 3.03. The lowest BCUT2D eigenvalue weighted by Crippen LogP contribution is -2.63. The largest absolute Gasteiger partial charge is 0.463 e. The third-order valence-electron chi connectivity index (χ3n) is 4.08. The first-order chi connectivity index (χ1) is 18.8. The van der Waals surface area contributed by atoms with Gasteiger partial charge in [0.25, 0.3) is 0 Å². The molecule has 0 aromatic rings. The van der Waals surface area contributed by atoms with E-state index in [4.69, 9.17) is 48.9 Å². The molecular weight excluding hydrogens is 474 g/mol. The van der Waals surface area contributed by atoms with Gasteiger partial charge >= 0.3 is 23.9 Å². The van der Waals surface area contributed by atoms with Crippen LogP contribution in [0.15, 0.2) is 5.11 Å². The molecule has 0 aromatic heterocycles. The summed E-state index contributed by atoms with van der Waals surface area (Å²) in [5.74, 6) is -4.18. The second-order valence-corrected chi connectivity index (χ2v) is 6.64. The summed E-state index contributed by atoms with van der Waals surface area (Å²) in [7, 11) is 0. The minimum atomic E-state index is -1.63. The summed E-state index contributed by atoms with van der Waals surface area (Å²) in [4.78, 5) is 50.1. The Morgan fingerprint density at radius 3 is 2.03 bits per heavy atom. The molecule has 0 bridgehead atoms. The van der Waals surface area contributed by atoms with Gasteiger partial charge in [0, 0.05) is 44.5 Å². The highest BCUT2D eigenvalue weighted by atomic mass is 16.7. The monoisotopic (exact) mass is 509 g/mol. The maximum absolute atomic E-state index is 12.0. The molecule has 1 aliphatic heterocycles. The molecule has 1 saturated heterocycles. The summed E-state index contributed by atoms with van der Waals surface area (Å²) >= 11 is 0. The van der Waals surface area contributed by atoms with Crippen LogP contribution in [0, 0.1) is 0 Å². The number of carbonyl (C=O) groups is 4. The first-order valence-electron chi connectivity index (χ1n) is 13.0. The molecule has 15 heteroatoms. The number of esters is 4. The number of ether oxygens (including phenoxy) is 8. The predicted molar refractivity (Wildman–Crippen MR) is 114 cm³/mol. The molecule has 1 fully saturated rings. The molecule has 0 aliphatic carbocycles. The summed E-state index contributed by atoms with van der Waals surface area (Å²) in [6, 6.07) is 0. The van der Waals surface area contributed by atoms with Crippen molar-refractivity contribution in [2.45, 2.75) is 58.3 Å². The van der Waals surface area contributed by atoms with Crippen LogP contribution in [0.25, 0.3) is 10.4 Å². The van der Waals surface area contributed by atoms with Gasteiger partial charge in [0.1, 0.15) is 12.7 Å². The highest BCUT2D eigenvalue weighted by molar-refractivity contribution is 5.68. The van der Waals surface area contributed by atoms with E-state index in [1.54, 1.807) is 0 Å². The molecule has 35 heavy (non-hydrogen) atoms. The molecule has 15 nitrogen and oxygen atoms in total.